The van der Waals surface area contributed by atoms with Gasteiger partial charge in [0, 0.05) is 30.4 Å². The fourth-order valence-electron chi connectivity index (χ4n) is 3.70. The van der Waals surface area contributed by atoms with Crippen molar-refractivity contribution in [3.8, 4) is 0 Å². The summed E-state index contributed by atoms with van der Waals surface area (Å²) in [6.45, 7) is 8.19. The molecule has 0 aromatic heterocycles. The van der Waals surface area contributed by atoms with Gasteiger partial charge in [-0.2, -0.15) is 0 Å². The van der Waals surface area contributed by atoms with E-state index in [2.05, 4.69) is 0 Å². The monoisotopic (exact) mass is 409 g/mol. The Hall–Kier alpha value is -2.03. The average molecular weight is 410 g/mol. The number of piperazine rings is 1. The smallest absolute Gasteiger partial charge is 0.306 e. The zero-order valence-electron chi connectivity index (χ0n) is 17.5. The minimum atomic E-state index is -0.995. The van der Waals surface area contributed by atoms with Crippen LogP contribution in [0.3, 0.4) is 0 Å². The number of nitrogens with zero attached hydrogens (tertiary/aromatic N) is 2. The molecule has 1 amide bonds. The first kappa shape index (κ1) is 23.3. The van der Waals surface area contributed by atoms with E-state index >= 15 is 0 Å². The van der Waals surface area contributed by atoms with E-state index in [1.165, 1.54) is 12.1 Å². The summed E-state index contributed by atoms with van der Waals surface area (Å²) in [6.07, 6.45) is -0.933. The molecule has 4 N–H and O–H groups in total. The number of nitrogens with two attached hydrogens (primary N) is 1. The number of carboxylic acid groups (broad SMARTS) is 1. The number of aliphatic carboxylic acids is 1. The molecule has 0 spiro atoms. The van der Waals surface area contributed by atoms with Crippen LogP contribution in [0, 0.1) is 17.7 Å². The lowest BCUT2D eigenvalue weighted by atomic mass is 9.87. The molecule has 1 aromatic rings. The van der Waals surface area contributed by atoms with Gasteiger partial charge in [0.1, 0.15) is 5.82 Å². The van der Waals surface area contributed by atoms with E-state index in [1.807, 2.05) is 18.7 Å². The molecule has 0 bridgehead atoms. The fraction of sp³-hybridized carbons (Fsp3) is 0.619. The third-order valence-corrected chi connectivity index (χ3v) is 5.69. The molecular weight excluding hydrogens is 377 g/mol. The molecule has 0 aliphatic carbocycles. The Labute approximate surface area is 171 Å². The average Bonchev–Trinajstić information content (AvgIpc) is 2.61. The molecule has 1 aliphatic rings. The van der Waals surface area contributed by atoms with Crippen molar-refractivity contribution in [3.05, 3.63) is 30.1 Å². The van der Waals surface area contributed by atoms with E-state index in [1.54, 1.807) is 30.9 Å². The Kier molecular flexibility index (Phi) is 7.37. The zero-order valence-corrected chi connectivity index (χ0v) is 17.5. The number of aliphatic hydroxyl groups excluding tert-OH is 1. The first-order valence-corrected chi connectivity index (χ1v) is 9.90. The number of aliphatic hydroxyl groups is 1. The highest BCUT2D eigenvalue weighted by atomic mass is 19.1. The molecule has 1 aromatic carbocycles. The normalized spacial score (nSPS) is 20.6. The van der Waals surface area contributed by atoms with Crippen molar-refractivity contribution < 1.29 is 24.2 Å². The molecule has 1 saturated heterocycles. The summed E-state index contributed by atoms with van der Waals surface area (Å²) in [5.41, 5.74) is 6.22. The second-order valence-electron chi connectivity index (χ2n) is 8.81. The van der Waals surface area contributed by atoms with Crippen molar-refractivity contribution in [3.63, 3.8) is 0 Å². The summed E-state index contributed by atoms with van der Waals surface area (Å²) in [5, 5.41) is 19.8. The van der Waals surface area contributed by atoms with Gasteiger partial charge in [-0.3, -0.25) is 14.5 Å². The third-order valence-electron chi connectivity index (χ3n) is 5.69. The number of rotatable bonds is 8. The van der Waals surface area contributed by atoms with Crippen LogP contribution in [0.5, 0.6) is 0 Å². The van der Waals surface area contributed by atoms with Gasteiger partial charge in [0.2, 0.25) is 5.91 Å². The number of anilines is 1. The summed E-state index contributed by atoms with van der Waals surface area (Å²) in [5.74, 6) is -2.34. The Bertz CT molecular complexity index is 740. The van der Waals surface area contributed by atoms with E-state index in [9.17, 15) is 24.2 Å². The van der Waals surface area contributed by atoms with Gasteiger partial charge in [0.05, 0.1) is 18.6 Å². The first-order chi connectivity index (χ1) is 13.4. The molecule has 29 heavy (non-hydrogen) atoms. The van der Waals surface area contributed by atoms with Crippen molar-refractivity contribution in [2.75, 3.05) is 24.5 Å². The van der Waals surface area contributed by atoms with Crippen LogP contribution in [-0.4, -0.2) is 64.3 Å². The van der Waals surface area contributed by atoms with Gasteiger partial charge in [0.15, 0.2) is 0 Å². The molecule has 0 radical (unpaired) electrons. The van der Waals surface area contributed by atoms with Crippen molar-refractivity contribution in [1.29, 1.82) is 0 Å². The Morgan fingerprint density at radius 3 is 2.55 bits per heavy atom. The van der Waals surface area contributed by atoms with E-state index in [-0.39, 0.29) is 31.3 Å². The number of hydrogen-bond donors (Lipinski definition) is 3. The minimum absolute atomic E-state index is 0.0613. The van der Waals surface area contributed by atoms with E-state index in [0.717, 1.165) is 0 Å². The van der Waals surface area contributed by atoms with Gasteiger partial charge in [-0.25, -0.2) is 4.39 Å². The zero-order chi connectivity index (χ0) is 21.9. The Balaban J connectivity index is 2.06. The molecular formula is C21H32FN3O4. The molecule has 162 valence electrons. The second kappa shape index (κ2) is 9.19. The van der Waals surface area contributed by atoms with Crippen LogP contribution in [0.2, 0.25) is 0 Å². The summed E-state index contributed by atoms with van der Waals surface area (Å²) in [6, 6.07) is 5.23. The molecule has 0 saturated carbocycles. The molecule has 3 unspecified atom stereocenters. The van der Waals surface area contributed by atoms with Gasteiger partial charge >= 0.3 is 5.97 Å². The number of carbonyl (C=O) groups excluding carboxylic acids is 1. The standard InChI is InChI=1S/C21H32FN3O4/c1-13(2)16(20(28)29)9-18(26)17(23)10-24-11-19(27)25(12-21(24,3)4)15-7-5-6-14(22)8-15/h5-8,13,16-18,26H,9-12,23H2,1-4H3,(H,28,29). The van der Waals surface area contributed by atoms with E-state index in [0.29, 0.717) is 12.2 Å². The van der Waals surface area contributed by atoms with Crippen LogP contribution >= 0.6 is 0 Å². The summed E-state index contributed by atoms with van der Waals surface area (Å²) in [7, 11) is 0. The number of hydrogen-bond acceptors (Lipinski definition) is 5. The molecule has 7 nitrogen and oxygen atoms in total. The fourth-order valence-corrected chi connectivity index (χ4v) is 3.70. The number of carbonyl (C=O) groups is 2. The van der Waals surface area contributed by atoms with Gasteiger partial charge in [-0.1, -0.05) is 19.9 Å². The third kappa shape index (κ3) is 5.74. The maximum atomic E-state index is 13.6. The lowest BCUT2D eigenvalue weighted by Crippen LogP contribution is -2.64. The predicted molar refractivity (Wildman–Crippen MR) is 109 cm³/mol. The molecule has 8 heteroatoms. The highest BCUT2D eigenvalue weighted by Gasteiger charge is 2.40. The summed E-state index contributed by atoms with van der Waals surface area (Å²) in [4.78, 5) is 27.5. The molecule has 2 rings (SSSR count). The molecule has 3 atom stereocenters. The van der Waals surface area contributed by atoms with Gasteiger partial charge in [0.25, 0.3) is 0 Å². The molecule has 1 aliphatic heterocycles. The maximum Gasteiger partial charge on any atom is 0.306 e. The Morgan fingerprint density at radius 1 is 1.34 bits per heavy atom. The second-order valence-corrected chi connectivity index (χ2v) is 8.81. The molecule has 1 fully saturated rings. The SMILES string of the molecule is CC(C)C(CC(O)C(N)CN1CC(=O)N(c2cccc(F)c2)CC1(C)C)C(=O)O. The van der Waals surface area contributed by atoms with Gasteiger partial charge < -0.3 is 20.8 Å². The van der Waals surface area contributed by atoms with Crippen LogP contribution < -0.4 is 10.6 Å². The number of carboxylic acids is 1. The van der Waals surface area contributed by atoms with Crippen molar-refractivity contribution in [1.82, 2.24) is 4.90 Å². The predicted octanol–water partition coefficient (Wildman–Crippen LogP) is 1.69. The van der Waals surface area contributed by atoms with Gasteiger partial charge in [-0.05, 0) is 44.4 Å². The van der Waals surface area contributed by atoms with Crippen molar-refractivity contribution >= 4 is 17.6 Å². The number of benzene rings is 1. The summed E-state index contributed by atoms with van der Waals surface area (Å²) >= 11 is 0. The van der Waals surface area contributed by atoms with E-state index < -0.39 is 35.4 Å². The number of halogens is 1. The van der Waals surface area contributed by atoms with Crippen LogP contribution in [-0.2, 0) is 9.59 Å². The maximum absolute atomic E-state index is 13.6. The lowest BCUT2D eigenvalue weighted by Gasteiger charge is -2.47. The number of amides is 1. The van der Waals surface area contributed by atoms with Crippen molar-refractivity contribution in [2.24, 2.45) is 17.6 Å². The van der Waals surface area contributed by atoms with Crippen LogP contribution in [0.25, 0.3) is 0 Å². The topological polar surface area (TPSA) is 107 Å². The quantitative estimate of drug-likeness (QED) is 0.603. The van der Waals surface area contributed by atoms with E-state index in [4.69, 9.17) is 5.73 Å². The summed E-state index contributed by atoms with van der Waals surface area (Å²) < 4.78 is 13.6. The van der Waals surface area contributed by atoms with Crippen LogP contribution in [0.15, 0.2) is 24.3 Å². The highest BCUT2D eigenvalue weighted by molar-refractivity contribution is 5.95. The largest absolute Gasteiger partial charge is 0.481 e. The Morgan fingerprint density at radius 2 is 2.00 bits per heavy atom. The molecule has 1 heterocycles. The van der Waals surface area contributed by atoms with Crippen molar-refractivity contribution in [2.45, 2.75) is 51.8 Å². The van der Waals surface area contributed by atoms with Crippen LogP contribution in [0.1, 0.15) is 34.1 Å². The van der Waals surface area contributed by atoms with Gasteiger partial charge in [-0.15, -0.1) is 0 Å². The van der Waals surface area contributed by atoms with Crippen LogP contribution in [0.4, 0.5) is 10.1 Å². The lowest BCUT2D eigenvalue weighted by molar-refractivity contribution is -0.144. The highest BCUT2D eigenvalue weighted by Crippen LogP contribution is 2.27. The first-order valence-electron chi connectivity index (χ1n) is 9.90. The minimum Gasteiger partial charge on any atom is -0.481 e.